The number of sulfonamides is 1. The van der Waals surface area contributed by atoms with Crippen molar-refractivity contribution in [3.05, 3.63) is 59.7 Å². The van der Waals surface area contributed by atoms with Crippen LogP contribution >= 0.6 is 0 Å². The van der Waals surface area contributed by atoms with Crippen molar-refractivity contribution in [3.8, 4) is 0 Å². The monoisotopic (exact) mass is 413 g/mol. The third-order valence-corrected chi connectivity index (χ3v) is 6.66. The first-order valence-electron chi connectivity index (χ1n) is 9.67. The van der Waals surface area contributed by atoms with Crippen LogP contribution in [0.5, 0.6) is 0 Å². The van der Waals surface area contributed by atoms with Crippen molar-refractivity contribution in [2.24, 2.45) is 5.92 Å². The van der Waals surface area contributed by atoms with Crippen LogP contribution in [0.3, 0.4) is 0 Å². The first-order valence-corrected chi connectivity index (χ1v) is 11.3. The molecule has 2 aromatic rings. The molecule has 0 saturated carbocycles. The zero-order valence-electron chi connectivity index (χ0n) is 15.9. The van der Waals surface area contributed by atoms with E-state index in [1.807, 2.05) is 18.2 Å². The van der Waals surface area contributed by atoms with E-state index in [0.29, 0.717) is 35.9 Å². The summed E-state index contributed by atoms with van der Waals surface area (Å²) < 4.78 is 25.7. The zero-order valence-corrected chi connectivity index (χ0v) is 16.7. The van der Waals surface area contributed by atoms with Crippen molar-refractivity contribution in [2.75, 3.05) is 23.1 Å². The molecule has 2 aliphatic rings. The maximum absolute atomic E-state index is 12.5. The van der Waals surface area contributed by atoms with E-state index in [1.165, 1.54) is 5.56 Å². The van der Waals surface area contributed by atoms with Crippen molar-refractivity contribution >= 4 is 33.2 Å². The molecular formula is C21H23N3O4S. The number of nitrogens with zero attached hydrogens (tertiary/aromatic N) is 1. The van der Waals surface area contributed by atoms with Crippen LogP contribution < -0.4 is 10.0 Å². The van der Waals surface area contributed by atoms with E-state index in [4.69, 9.17) is 0 Å². The van der Waals surface area contributed by atoms with E-state index >= 15 is 0 Å². The molecule has 0 unspecified atom stereocenters. The largest absolute Gasteiger partial charge is 0.334 e. The van der Waals surface area contributed by atoms with Gasteiger partial charge in [-0.3, -0.25) is 14.3 Å². The van der Waals surface area contributed by atoms with Gasteiger partial charge < -0.3 is 10.2 Å². The van der Waals surface area contributed by atoms with Crippen molar-refractivity contribution < 1.29 is 18.0 Å². The van der Waals surface area contributed by atoms with Crippen molar-refractivity contribution in [3.63, 3.8) is 0 Å². The molecule has 0 aliphatic carbocycles. The van der Waals surface area contributed by atoms with E-state index in [-0.39, 0.29) is 5.75 Å². The van der Waals surface area contributed by atoms with Gasteiger partial charge in [0.25, 0.3) is 0 Å². The number of hydrogen-bond acceptors (Lipinski definition) is 4. The fourth-order valence-electron chi connectivity index (χ4n) is 3.91. The lowest BCUT2D eigenvalue weighted by Crippen LogP contribution is -2.44. The van der Waals surface area contributed by atoms with Gasteiger partial charge in [0.2, 0.25) is 10.0 Å². The summed E-state index contributed by atoms with van der Waals surface area (Å²) in [6, 6.07) is 15.1. The van der Waals surface area contributed by atoms with E-state index in [2.05, 4.69) is 22.2 Å². The summed E-state index contributed by atoms with van der Waals surface area (Å²) in [7, 11) is -3.35. The summed E-state index contributed by atoms with van der Waals surface area (Å²) in [4.78, 5) is 26.5. The van der Waals surface area contributed by atoms with Gasteiger partial charge in [-0.1, -0.05) is 30.3 Å². The average molecular weight is 413 g/mol. The van der Waals surface area contributed by atoms with Gasteiger partial charge >= 0.3 is 11.8 Å². The summed E-state index contributed by atoms with van der Waals surface area (Å²) in [5.74, 6) is -0.861. The first-order chi connectivity index (χ1) is 13.9. The van der Waals surface area contributed by atoms with Crippen molar-refractivity contribution in [2.45, 2.75) is 25.0 Å². The maximum Gasteiger partial charge on any atom is 0.313 e. The molecule has 0 aromatic heterocycles. The Balaban J connectivity index is 1.31. The van der Waals surface area contributed by atoms with Gasteiger partial charge in [0.15, 0.2) is 0 Å². The number of likely N-dealkylation sites (tertiary alicyclic amines) is 1. The molecule has 4 rings (SSSR count). The Bertz CT molecular complexity index is 1030. The number of hydrogen-bond donors (Lipinski definition) is 2. The maximum atomic E-state index is 12.5. The normalized spacial score (nSPS) is 18.0. The molecule has 2 aromatic carbocycles. The van der Waals surface area contributed by atoms with Crippen LogP contribution in [-0.2, 0) is 31.8 Å². The van der Waals surface area contributed by atoms with Gasteiger partial charge in [-0.15, -0.1) is 0 Å². The van der Waals surface area contributed by atoms with Crippen LogP contribution in [0.4, 0.5) is 11.4 Å². The summed E-state index contributed by atoms with van der Waals surface area (Å²) >= 11 is 0. The van der Waals surface area contributed by atoms with Gasteiger partial charge in [0.05, 0.1) is 11.4 Å². The minimum Gasteiger partial charge on any atom is -0.334 e. The lowest BCUT2D eigenvalue weighted by Gasteiger charge is -2.31. The molecule has 2 heterocycles. The predicted octanol–water partition coefficient (Wildman–Crippen LogP) is 2.36. The highest BCUT2D eigenvalue weighted by atomic mass is 32.2. The number of anilines is 2. The minimum atomic E-state index is -3.35. The Labute approximate surface area is 170 Å². The van der Waals surface area contributed by atoms with E-state index in [1.54, 1.807) is 23.1 Å². The highest BCUT2D eigenvalue weighted by molar-refractivity contribution is 7.92. The molecule has 1 saturated heterocycles. The van der Waals surface area contributed by atoms with Crippen LogP contribution in [0.25, 0.3) is 0 Å². The summed E-state index contributed by atoms with van der Waals surface area (Å²) in [6.45, 7) is 1.13. The summed E-state index contributed by atoms with van der Waals surface area (Å²) in [6.07, 6.45) is 2.73. The van der Waals surface area contributed by atoms with Crippen LogP contribution in [0.2, 0.25) is 0 Å². The Morgan fingerprint density at radius 3 is 2.52 bits per heavy atom. The molecular weight excluding hydrogens is 390 g/mol. The Hall–Kier alpha value is -2.87. The Morgan fingerprint density at radius 1 is 1.07 bits per heavy atom. The van der Waals surface area contributed by atoms with Crippen molar-refractivity contribution in [1.29, 1.82) is 0 Å². The second-order valence-corrected chi connectivity index (χ2v) is 9.33. The third kappa shape index (κ3) is 4.59. The SMILES string of the molecule is O=C(Nc1ccc2c(c1)CS(=O)(=O)N2)C(=O)N1CCC(Cc2ccccc2)CC1. The molecule has 152 valence electrons. The smallest absolute Gasteiger partial charge is 0.313 e. The van der Waals surface area contributed by atoms with Gasteiger partial charge in [-0.25, -0.2) is 8.42 Å². The van der Waals surface area contributed by atoms with Gasteiger partial charge in [-0.05, 0) is 54.5 Å². The van der Waals surface area contributed by atoms with Gasteiger partial charge in [0, 0.05) is 18.8 Å². The number of carbonyl (C=O) groups is 2. The molecule has 0 bridgehead atoms. The van der Waals surface area contributed by atoms with E-state index in [0.717, 1.165) is 19.3 Å². The van der Waals surface area contributed by atoms with Crippen LogP contribution in [0, 0.1) is 5.92 Å². The Morgan fingerprint density at radius 2 is 1.79 bits per heavy atom. The van der Waals surface area contributed by atoms with Gasteiger partial charge in [-0.2, -0.15) is 0 Å². The molecule has 0 radical (unpaired) electrons. The lowest BCUT2D eigenvalue weighted by molar-refractivity contribution is -0.144. The highest BCUT2D eigenvalue weighted by Crippen LogP contribution is 2.29. The molecule has 2 aliphatic heterocycles. The first kappa shape index (κ1) is 19.4. The standard InChI is InChI=1S/C21H23N3O4S/c25-20(22-18-6-7-19-17(13-18)14-29(27,28)23-19)21(26)24-10-8-16(9-11-24)12-15-4-2-1-3-5-15/h1-7,13,16,23H,8-12,14H2,(H,22,25). The van der Waals surface area contributed by atoms with Crippen LogP contribution in [0.1, 0.15) is 24.0 Å². The number of piperidine rings is 1. The molecule has 0 spiro atoms. The molecule has 8 heteroatoms. The summed E-state index contributed by atoms with van der Waals surface area (Å²) in [5, 5.41) is 2.59. The number of benzene rings is 2. The molecule has 2 N–H and O–H groups in total. The van der Waals surface area contributed by atoms with Crippen molar-refractivity contribution in [1.82, 2.24) is 4.90 Å². The van der Waals surface area contributed by atoms with E-state index in [9.17, 15) is 18.0 Å². The highest BCUT2D eigenvalue weighted by Gasteiger charge is 2.28. The molecule has 2 amide bonds. The Kier molecular flexibility index (Phi) is 5.27. The minimum absolute atomic E-state index is 0.130. The number of fused-ring (bicyclic) bond motifs is 1. The fraction of sp³-hybridized carbons (Fsp3) is 0.333. The number of carbonyl (C=O) groups excluding carboxylic acids is 2. The zero-order chi connectivity index (χ0) is 20.4. The molecule has 29 heavy (non-hydrogen) atoms. The van der Waals surface area contributed by atoms with E-state index < -0.39 is 21.8 Å². The topological polar surface area (TPSA) is 95.6 Å². The number of amides is 2. The summed E-state index contributed by atoms with van der Waals surface area (Å²) in [5.41, 5.74) is 2.80. The second kappa shape index (κ2) is 7.87. The fourth-order valence-corrected chi connectivity index (χ4v) is 5.17. The quantitative estimate of drug-likeness (QED) is 0.755. The molecule has 1 fully saturated rings. The van der Waals surface area contributed by atoms with Crippen LogP contribution in [-0.4, -0.2) is 38.2 Å². The molecule has 7 nitrogen and oxygen atoms in total. The lowest BCUT2D eigenvalue weighted by atomic mass is 9.90. The second-order valence-electron chi connectivity index (χ2n) is 7.61. The number of nitrogens with one attached hydrogen (secondary N) is 2. The number of rotatable bonds is 3. The third-order valence-electron chi connectivity index (χ3n) is 5.44. The average Bonchev–Trinajstić information content (AvgIpc) is 3.02. The van der Waals surface area contributed by atoms with Crippen LogP contribution in [0.15, 0.2) is 48.5 Å². The predicted molar refractivity (Wildman–Crippen MR) is 111 cm³/mol. The van der Waals surface area contributed by atoms with Gasteiger partial charge in [0.1, 0.15) is 0 Å². The molecule has 0 atom stereocenters.